The van der Waals surface area contributed by atoms with Crippen molar-refractivity contribution in [1.29, 1.82) is 0 Å². The summed E-state index contributed by atoms with van der Waals surface area (Å²) >= 11 is 0.985. The predicted molar refractivity (Wildman–Crippen MR) is 100 cm³/mol. The zero-order valence-corrected chi connectivity index (χ0v) is 16.8. The Bertz CT molecular complexity index is 644. The third kappa shape index (κ3) is 7.32. The minimum absolute atomic E-state index is 0.0909. The highest BCUT2D eigenvalue weighted by Gasteiger charge is 2.27. The maximum Gasteiger partial charge on any atom is 0.319 e. The van der Waals surface area contributed by atoms with Crippen LogP contribution in [0.5, 0.6) is 0 Å². The lowest BCUT2D eigenvalue weighted by atomic mass is 10.2. The monoisotopic (exact) mass is 387 g/mol. The summed E-state index contributed by atoms with van der Waals surface area (Å²) in [6.07, 6.45) is 2.07. The van der Waals surface area contributed by atoms with Gasteiger partial charge in [-0.2, -0.15) is 0 Å². The summed E-state index contributed by atoms with van der Waals surface area (Å²) in [5.41, 5.74) is -0.739. The molecule has 0 spiro atoms. The number of hydrogen-bond acceptors (Lipinski definition) is 4. The van der Waals surface area contributed by atoms with Crippen molar-refractivity contribution in [1.82, 2.24) is 0 Å². The number of amides is 1. The fourth-order valence-electron chi connectivity index (χ4n) is 2.16. The second kappa shape index (κ2) is 9.90. The van der Waals surface area contributed by atoms with Crippen molar-refractivity contribution in [3.05, 3.63) is 23.8 Å². The van der Waals surface area contributed by atoms with Crippen molar-refractivity contribution in [3.8, 4) is 0 Å². The van der Waals surface area contributed by atoms with Crippen LogP contribution in [0.4, 0.5) is 14.5 Å². The Morgan fingerprint density at radius 1 is 1.15 bits per heavy atom. The van der Waals surface area contributed by atoms with Crippen LogP contribution in [-0.4, -0.2) is 22.7 Å². The van der Waals surface area contributed by atoms with E-state index in [2.05, 4.69) is 5.32 Å². The first-order chi connectivity index (χ1) is 12.1. The van der Waals surface area contributed by atoms with Crippen molar-refractivity contribution in [2.45, 2.75) is 76.0 Å². The molecule has 0 saturated carbocycles. The first kappa shape index (κ1) is 22.4. The molecule has 1 unspecified atom stereocenters. The van der Waals surface area contributed by atoms with Crippen LogP contribution >= 0.6 is 11.8 Å². The molecular weight excluding hydrogens is 360 g/mol. The van der Waals surface area contributed by atoms with Gasteiger partial charge in [-0.15, -0.1) is 11.8 Å². The topological polar surface area (TPSA) is 55.4 Å². The summed E-state index contributed by atoms with van der Waals surface area (Å²) in [5.74, 6) is -2.40. The molecule has 1 amide bonds. The van der Waals surface area contributed by atoms with Crippen LogP contribution in [0.1, 0.15) is 60.3 Å². The SMILES string of the molecule is CCCC(=O)Nc1cc(SC(CCC)C(=O)OC(C)(C)C)c(F)cc1F. The quantitative estimate of drug-likeness (QED) is 0.485. The third-order valence-electron chi connectivity index (χ3n) is 3.26. The molecule has 0 aliphatic rings. The van der Waals surface area contributed by atoms with Gasteiger partial charge in [0.15, 0.2) is 0 Å². The molecule has 0 radical (unpaired) electrons. The number of carbonyl (C=O) groups excluding carboxylic acids is 2. The maximum absolute atomic E-state index is 14.2. The highest BCUT2D eigenvalue weighted by Crippen LogP contribution is 2.33. The van der Waals surface area contributed by atoms with E-state index in [0.717, 1.165) is 17.8 Å². The van der Waals surface area contributed by atoms with Gasteiger partial charge < -0.3 is 10.1 Å². The number of rotatable bonds is 8. The predicted octanol–water partition coefficient (Wildman–Crippen LogP) is 5.31. The van der Waals surface area contributed by atoms with Gasteiger partial charge >= 0.3 is 5.97 Å². The summed E-state index contributed by atoms with van der Waals surface area (Å²) in [7, 11) is 0. The summed E-state index contributed by atoms with van der Waals surface area (Å²) in [4.78, 5) is 24.2. The molecule has 0 aromatic heterocycles. The molecule has 0 bridgehead atoms. The normalized spacial score (nSPS) is 12.6. The molecule has 26 heavy (non-hydrogen) atoms. The number of thioether (sulfide) groups is 1. The van der Waals surface area contributed by atoms with Crippen LogP contribution in [0.25, 0.3) is 0 Å². The molecular formula is C19H27F2NO3S. The number of hydrogen-bond donors (Lipinski definition) is 1. The number of benzene rings is 1. The number of halogens is 2. The van der Waals surface area contributed by atoms with E-state index in [1.54, 1.807) is 20.8 Å². The van der Waals surface area contributed by atoms with Crippen LogP contribution in [0.15, 0.2) is 17.0 Å². The van der Waals surface area contributed by atoms with E-state index < -0.39 is 28.5 Å². The highest BCUT2D eigenvalue weighted by molar-refractivity contribution is 8.00. The Morgan fingerprint density at radius 2 is 1.81 bits per heavy atom. The van der Waals surface area contributed by atoms with Gasteiger partial charge in [0.05, 0.1) is 5.69 Å². The molecule has 7 heteroatoms. The molecule has 1 atom stereocenters. The number of anilines is 1. The number of nitrogens with one attached hydrogen (secondary N) is 1. The standard InChI is InChI=1S/C19H27F2NO3S/c1-6-8-15(18(24)25-19(3,4)5)26-16-11-14(12(20)10-13(16)21)22-17(23)9-7-2/h10-11,15H,6-9H2,1-5H3,(H,22,23). The first-order valence-corrected chi connectivity index (χ1v) is 9.63. The smallest absolute Gasteiger partial charge is 0.319 e. The average molecular weight is 387 g/mol. The van der Waals surface area contributed by atoms with Crippen LogP contribution in [0, 0.1) is 11.6 Å². The minimum Gasteiger partial charge on any atom is -0.459 e. The van der Waals surface area contributed by atoms with Crippen LogP contribution in [-0.2, 0) is 14.3 Å². The lowest BCUT2D eigenvalue weighted by molar-refractivity contribution is -0.154. The Balaban J connectivity index is 3.03. The second-order valence-corrected chi connectivity index (χ2v) is 8.23. The number of esters is 1. The third-order valence-corrected chi connectivity index (χ3v) is 4.54. The Hall–Kier alpha value is -1.63. The van der Waals surface area contributed by atoms with E-state index in [1.807, 2.05) is 13.8 Å². The molecule has 1 N–H and O–H groups in total. The van der Waals surface area contributed by atoms with Gasteiger partial charge in [0.25, 0.3) is 0 Å². The maximum atomic E-state index is 14.2. The summed E-state index contributed by atoms with van der Waals surface area (Å²) in [6.45, 7) is 9.03. The van der Waals surface area contributed by atoms with E-state index in [1.165, 1.54) is 6.07 Å². The van der Waals surface area contributed by atoms with Crippen LogP contribution in [0.3, 0.4) is 0 Å². The minimum atomic E-state index is -0.847. The molecule has 0 saturated heterocycles. The molecule has 4 nitrogen and oxygen atoms in total. The highest BCUT2D eigenvalue weighted by atomic mass is 32.2. The summed E-state index contributed by atoms with van der Waals surface area (Å²) in [6, 6.07) is 1.96. The molecule has 0 fully saturated rings. The largest absolute Gasteiger partial charge is 0.459 e. The average Bonchev–Trinajstić information content (AvgIpc) is 2.49. The molecule has 0 aliphatic carbocycles. The summed E-state index contributed by atoms with van der Waals surface area (Å²) < 4.78 is 33.5. The lowest BCUT2D eigenvalue weighted by Gasteiger charge is -2.23. The molecule has 1 aromatic carbocycles. The first-order valence-electron chi connectivity index (χ1n) is 8.75. The van der Waals surface area contributed by atoms with Crippen molar-refractivity contribution in [2.75, 3.05) is 5.32 Å². The fraction of sp³-hybridized carbons (Fsp3) is 0.579. The molecule has 0 aliphatic heterocycles. The van der Waals surface area contributed by atoms with Crippen LogP contribution < -0.4 is 5.32 Å². The molecule has 0 heterocycles. The van der Waals surface area contributed by atoms with Gasteiger partial charge in [0.1, 0.15) is 22.5 Å². The summed E-state index contributed by atoms with van der Waals surface area (Å²) in [5, 5.41) is 1.83. The fourth-order valence-corrected chi connectivity index (χ4v) is 3.32. The second-order valence-electron chi connectivity index (χ2n) is 6.99. The lowest BCUT2D eigenvalue weighted by Crippen LogP contribution is -2.30. The zero-order chi connectivity index (χ0) is 19.9. The van der Waals surface area contributed by atoms with Crippen molar-refractivity contribution < 1.29 is 23.1 Å². The van der Waals surface area contributed by atoms with Crippen molar-refractivity contribution in [3.63, 3.8) is 0 Å². The van der Waals surface area contributed by atoms with Gasteiger partial charge in [-0.3, -0.25) is 9.59 Å². The Morgan fingerprint density at radius 3 is 2.35 bits per heavy atom. The molecule has 1 aromatic rings. The van der Waals surface area contributed by atoms with Crippen molar-refractivity contribution >= 4 is 29.3 Å². The van der Waals surface area contributed by atoms with E-state index in [4.69, 9.17) is 4.74 Å². The Labute approximate surface area is 158 Å². The van der Waals surface area contributed by atoms with Gasteiger partial charge in [-0.1, -0.05) is 20.3 Å². The number of ether oxygens (including phenoxy) is 1. The van der Waals surface area contributed by atoms with E-state index in [0.29, 0.717) is 19.3 Å². The van der Waals surface area contributed by atoms with Crippen LogP contribution in [0.2, 0.25) is 0 Å². The van der Waals surface area contributed by atoms with Gasteiger partial charge in [0, 0.05) is 17.4 Å². The Kier molecular flexibility index (Phi) is 8.53. The van der Waals surface area contributed by atoms with Gasteiger partial charge in [-0.25, -0.2) is 8.78 Å². The van der Waals surface area contributed by atoms with Gasteiger partial charge in [-0.05, 0) is 39.7 Å². The van der Waals surface area contributed by atoms with Gasteiger partial charge in [0.2, 0.25) is 5.91 Å². The number of carbonyl (C=O) groups is 2. The van der Waals surface area contributed by atoms with E-state index >= 15 is 0 Å². The zero-order valence-electron chi connectivity index (χ0n) is 15.9. The molecule has 146 valence electrons. The van der Waals surface area contributed by atoms with Crippen molar-refractivity contribution in [2.24, 2.45) is 0 Å². The van der Waals surface area contributed by atoms with E-state index in [-0.39, 0.29) is 22.9 Å². The van der Waals surface area contributed by atoms with E-state index in [9.17, 15) is 18.4 Å². The molecule has 1 rings (SSSR count).